The number of nitrogens with zero attached hydrogens (tertiary/aromatic N) is 2. The topological polar surface area (TPSA) is 56.5 Å². The predicted molar refractivity (Wildman–Crippen MR) is 105 cm³/mol. The van der Waals surface area contributed by atoms with Crippen molar-refractivity contribution in [2.45, 2.75) is 31.6 Å². The lowest BCUT2D eigenvalue weighted by molar-refractivity contribution is -0.0231. The molecule has 0 radical (unpaired) electrons. The summed E-state index contributed by atoms with van der Waals surface area (Å²) in [5.74, 6) is 1.77. The molecule has 0 bridgehead atoms. The first kappa shape index (κ1) is 18.3. The molecule has 4 atom stereocenters. The van der Waals surface area contributed by atoms with E-state index in [4.69, 9.17) is 21.6 Å². The van der Waals surface area contributed by atoms with Crippen molar-refractivity contribution in [3.05, 3.63) is 64.7 Å². The molecule has 2 fully saturated rings. The highest BCUT2D eigenvalue weighted by Gasteiger charge is 2.42. The van der Waals surface area contributed by atoms with Crippen LogP contribution in [-0.2, 0) is 6.54 Å². The molecule has 2 aromatic rings. The van der Waals surface area contributed by atoms with Gasteiger partial charge in [0.2, 0.25) is 0 Å². The molecule has 4 nitrogen and oxygen atoms in total. The third-order valence-corrected chi connectivity index (χ3v) is 5.97. The number of aliphatic hydroxyl groups is 1. The fourth-order valence-electron chi connectivity index (χ4n) is 4.40. The van der Waals surface area contributed by atoms with E-state index in [1.165, 1.54) is 5.56 Å². The number of benzene rings is 2. The fraction of sp³-hybridized carbons (Fsp3) is 0.409. The van der Waals surface area contributed by atoms with Crippen molar-refractivity contribution in [3.63, 3.8) is 0 Å². The lowest BCUT2D eigenvalue weighted by atomic mass is 9.78. The zero-order valence-electron chi connectivity index (χ0n) is 15.1. The van der Waals surface area contributed by atoms with Crippen LogP contribution in [0.3, 0.4) is 0 Å². The number of nitriles is 1. The quantitative estimate of drug-likeness (QED) is 0.872. The van der Waals surface area contributed by atoms with Gasteiger partial charge in [-0.15, -0.1) is 0 Å². The van der Waals surface area contributed by atoms with Crippen molar-refractivity contribution in [3.8, 4) is 11.8 Å². The first-order valence-electron chi connectivity index (χ1n) is 9.42. The fourth-order valence-corrected chi connectivity index (χ4v) is 4.58. The van der Waals surface area contributed by atoms with Crippen molar-refractivity contribution in [1.29, 1.82) is 5.26 Å². The van der Waals surface area contributed by atoms with Crippen LogP contribution in [0.15, 0.2) is 48.5 Å². The van der Waals surface area contributed by atoms with Gasteiger partial charge in [-0.1, -0.05) is 29.8 Å². The molecule has 0 aromatic heterocycles. The van der Waals surface area contributed by atoms with Gasteiger partial charge in [-0.05, 0) is 60.6 Å². The summed E-state index contributed by atoms with van der Waals surface area (Å²) in [5, 5.41) is 20.1. The monoisotopic (exact) mass is 382 g/mol. The minimum atomic E-state index is -0.444. The Morgan fingerprint density at radius 2 is 1.85 bits per heavy atom. The summed E-state index contributed by atoms with van der Waals surface area (Å²) < 4.78 is 6.05. The summed E-state index contributed by atoms with van der Waals surface area (Å²) in [6.45, 7) is 2.91. The van der Waals surface area contributed by atoms with Crippen LogP contribution in [0.25, 0.3) is 0 Å². The number of fused-ring (bicyclic) bond motifs is 1. The summed E-state index contributed by atoms with van der Waals surface area (Å²) >= 11 is 6.04. The highest BCUT2D eigenvalue weighted by Crippen LogP contribution is 2.38. The lowest BCUT2D eigenvalue weighted by Crippen LogP contribution is -2.42. The summed E-state index contributed by atoms with van der Waals surface area (Å²) in [4.78, 5) is 2.45. The first-order valence-corrected chi connectivity index (χ1v) is 9.80. The number of hydrogen-bond acceptors (Lipinski definition) is 4. The summed E-state index contributed by atoms with van der Waals surface area (Å²) in [7, 11) is 0. The summed E-state index contributed by atoms with van der Waals surface area (Å²) in [6.07, 6.45) is 1.02. The van der Waals surface area contributed by atoms with E-state index >= 15 is 0 Å². The van der Waals surface area contributed by atoms with Crippen LogP contribution in [0.1, 0.15) is 24.0 Å². The van der Waals surface area contributed by atoms with Gasteiger partial charge >= 0.3 is 0 Å². The average Bonchev–Trinajstić information content (AvgIpc) is 3.03. The molecule has 140 valence electrons. The van der Waals surface area contributed by atoms with E-state index in [-0.39, 0.29) is 6.10 Å². The van der Waals surface area contributed by atoms with Crippen molar-refractivity contribution in [2.75, 3.05) is 13.1 Å². The molecule has 1 aliphatic heterocycles. The van der Waals surface area contributed by atoms with Crippen molar-refractivity contribution >= 4 is 11.6 Å². The van der Waals surface area contributed by atoms with E-state index in [1.54, 1.807) is 6.07 Å². The largest absolute Gasteiger partial charge is 0.488 e. The van der Waals surface area contributed by atoms with E-state index in [0.29, 0.717) is 22.4 Å². The molecule has 5 heteroatoms. The second kappa shape index (κ2) is 7.90. The molecule has 0 unspecified atom stereocenters. The second-order valence-corrected chi connectivity index (χ2v) is 8.11. The molecule has 4 rings (SSSR count). The molecule has 2 aliphatic rings. The molecule has 1 aliphatic carbocycles. The number of ether oxygens (including phenoxy) is 1. The number of aliphatic hydroxyl groups excluding tert-OH is 1. The highest BCUT2D eigenvalue weighted by molar-refractivity contribution is 6.30. The van der Waals surface area contributed by atoms with E-state index in [2.05, 4.69) is 11.0 Å². The Kier molecular flexibility index (Phi) is 5.36. The van der Waals surface area contributed by atoms with E-state index < -0.39 is 6.10 Å². The zero-order chi connectivity index (χ0) is 18.8. The van der Waals surface area contributed by atoms with Crippen molar-refractivity contribution in [2.24, 2.45) is 11.8 Å². The number of likely N-dealkylation sites (tertiary alicyclic amines) is 1. The third kappa shape index (κ3) is 4.27. The number of halogens is 1. The number of hydrogen-bond donors (Lipinski definition) is 1. The lowest BCUT2D eigenvalue weighted by Gasteiger charge is -2.35. The SMILES string of the molecule is N#Cc1ccc(CN2C[C@H]3C[C@@H](Oc4cccc(Cl)c4)[C@H](O)C[C@H]3C2)cc1. The van der Waals surface area contributed by atoms with Gasteiger partial charge in [0.05, 0.1) is 17.7 Å². The van der Waals surface area contributed by atoms with Gasteiger partial charge in [-0.2, -0.15) is 5.26 Å². The average molecular weight is 383 g/mol. The van der Waals surface area contributed by atoms with Crippen LogP contribution in [0.2, 0.25) is 5.02 Å². The maximum Gasteiger partial charge on any atom is 0.125 e. The predicted octanol–water partition coefficient (Wildman–Crippen LogP) is 3.86. The van der Waals surface area contributed by atoms with Crippen LogP contribution < -0.4 is 4.74 Å². The molecular formula is C22H23ClN2O2. The molecule has 1 heterocycles. The minimum Gasteiger partial charge on any atom is -0.488 e. The Morgan fingerprint density at radius 3 is 2.56 bits per heavy atom. The van der Waals surface area contributed by atoms with Gasteiger partial charge < -0.3 is 9.84 Å². The van der Waals surface area contributed by atoms with Gasteiger partial charge in [0.15, 0.2) is 0 Å². The highest BCUT2D eigenvalue weighted by atomic mass is 35.5. The maximum absolute atomic E-state index is 10.6. The third-order valence-electron chi connectivity index (χ3n) is 5.73. The Morgan fingerprint density at radius 1 is 1.11 bits per heavy atom. The smallest absolute Gasteiger partial charge is 0.125 e. The molecule has 0 spiro atoms. The zero-order valence-corrected chi connectivity index (χ0v) is 15.8. The van der Waals surface area contributed by atoms with Crippen molar-refractivity contribution in [1.82, 2.24) is 4.90 Å². The molecule has 1 N–H and O–H groups in total. The van der Waals surface area contributed by atoms with E-state index in [1.807, 2.05) is 42.5 Å². The van der Waals surface area contributed by atoms with Gasteiger partial charge in [0, 0.05) is 24.7 Å². The molecule has 0 amide bonds. The summed E-state index contributed by atoms with van der Waals surface area (Å²) in [6, 6.07) is 17.3. The minimum absolute atomic E-state index is 0.181. The maximum atomic E-state index is 10.6. The van der Waals surface area contributed by atoms with E-state index in [9.17, 15) is 5.11 Å². The van der Waals surface area contributed by atoms with Gasteiger partial charge in [0.25, 0.3) is 0 Å². The van der Waals surface area contributed by atoms with Crippen LogP contribution in [-0.4, -0.2) is 35.3 Å². The number of rotatable bonds is 4. The normalized spacial score (nSPS) is 27.7. The summed E-state index contributed by atoms with van der Waals surface area (Å²) in [5.41, 5.74) is 1.91. The van der Waals surface area contributed by atoms with Crippen LogP contribution in [0.4, 0.5) is 0 Å². The second-order valence-electron chi connectivity index (χ2n) is 7.68. The van der Waals surface area contributed by atoms with Gasteiger partial charge in [-0.25, -0.2) is 0 Å². The van der Waals surface area contributed by atoms with E-state index in [0.717, 1.165) is 38.2 Å². The molecule has 1 saturated heterocycles. The van der Waals surface area contributed by atoms with Crippen LogP contribution in [0, 0.1) is 23.2 Å². The Hall–Kier alpha value is -2.06. The molecule has 2 aromatic carbocycles. The Balaban J connectivity index is 1.37. The van der Waals surface area contributed by atoms with Crippen molar-refractivity contribution < 1.29 is 9.84 Å². The van der Waals surface area contributed by atoms with Crippen LogP contribution in [0.5, 0.6) is 5.75 Å². The van der Waals surface area contributed by atoms with Gasteiger partial charge in [0.1, 0.15) is 11.9 Å². The first-order chi connectivity index (χ1) is 13.1. The molecular weight excluding hydrogens is 360 g/mol. The van der Waals surface area contributed by atoms with Crippen LogP contribution >= 0.6 is 11.6 Å². The Bertz CT molecular complexity index is 833. The molecule has 27 heavy (non-hydrogen) atoms. The molecule has 1 saturated carbocycles. The Labute approximate surface area is 164 Å². The van der Waals surface area contributed by atoms with Gasteiger partial charge in [-0.3, -0.25) is 4.90 Å². The standard InChI is InChI=1S/C22H23ClN2O2/c23-19-2-1-3-20(10-19)27-22-9-18-14-25(13-17(18)8-21(22)26)12-16-6-4-15(11-24)5-7-16/h1-7,10,17-18,21-22,26H,8-9,12-14H2/t17-,18+,21+,22+/m0/s1.